The molecule has 112 valence electrons. The minimum absolute atomic E-state index is 0.244. The molecule has 1 nitrogen and oxygen atoms in total. The molecular weight excluding hydrogens is 416 g/mol. The fourth-order valence-corrected chi connectivity index (χ4v) is 3.40. The monoisotopic (exact) mass is 433 g/mol. The Kier molecular flexibility index (Phi) is 6.80. The fourth-order valence-electron chi connectivity index (χ4n) is 2.29. The van der Waals surface area contributed by atoms with E-state index in [0.717, 1.165) is 29.4 Å². The van der Waals surface area contributed by atoms with E-state index in [9.17, 15) is 0 Å². The van der Waals surface area contributed by atoms with Crippen molar-refractivity contribution in [2.75, 3.05) is 6.54 Å². The topological polar surface area (TPSA) is 12.0 Å². The zero-order valence-electron chi connectivity index (χ0n) is 11.9. The largest absolute Gasteiger partial charge is 0.310 e. The van der Waals surface area contributed by atoms with Crippen LogP contribution in [0.4, 0.5) is 0 Å². The highest BCUT2D eigenvalue weighted by molar-refractivity contribution is 14.1. The summed E-state index contributed by atoms with van der Waals surface area (Å²) < 4.78 is 1.23. The molecule has 2 aromatic rings. The Morgan fingerprint density at radius 3 is 2.57 bits per heavy atom. The van der Waals surface area contributed by atoms with E-state index in [0.29, 0.717) is 0 Å². The molecule has 0 amide bonds. The van der Waals surface area contributed by atoms with E-state index >= 15 is 0 Å². The van der Waals surface area contributed by atoms with Crippen LogP contribution in [-0.2, 0) is 6.42 Å². The third kappa shape index (κ3) is 5.13. The summed E-state index contributed by atoms with van der Waals surface area (Å²) in [5.41, 5.74) is 2.48. The van der Waals surface area contributed by atoms with Gasteiger partial charge in [-0.05, 0) is 83.4 Å². The second-order valence-electron chi connectivity index (χ2n) is 5.01. The number of rotatable bonds is 6. The Morgan fingerprint density at radius 2 is 1.86 bits per heavy atom. The average molecular weight is 434 g/mol. The van der Waals surface area contributed by atoms with Gasteiger partial charge in [-0.1, -0.05) is 42.3 Å². The Morgan fingerprint density at radius 1 is 1.10 bits per heavy atom. The molecular formula is C17H18Cl2IN. The highest BCUT2D eigenvalue weighted by Gasteiger charge is 2.15. The van der Waals surface area contributed by atoms with Gasteiger partial charge in [-0.15, -0.1) is 0 Å². The van der Waals surface area contributed by atoms with Crippen molar-refractivity contribution in [3.8, 4) is 0 Å². The molecule has 1 N–H and O–H groups in total. The highest BCUT2D eigenvalue weighted by atomic mass is 127. The van der Waals surface area contributed by atoms with Gasteiger partial charge in [0.05, 0.1) is 0 Å². The van der Waals surface area contributed by atoms with Gasteiger partial charge < -0.3 is 5.32 Å². The highest BCUT2D eigenvalue weighted by Crippen LogP contribution is 2.27. The molecule has 0 aliphatic heterocycles. The first-order valence-electron chi connectivity index (χ1n) is 7.03. The van der Waals surface area contributed by atoms with E-state index < -0.39 is 0 Å². The van der Waals surface area contributed by atoms with E-state index in [2.05, 4.69) is 53.0 Å². The molecule has 0 saturated carbocycles. The Balaban J connectivity index is 2.27. The molecule has 0 bridgehead atoms. The van der Waals surface area contributed by atoms with E-state index in [4.69, 9.17) is 23.2 Å². The van der Waals surface area contributed by atoms with Crippen molar-refractivity contribution in [3.63, 3.8) is 0 Å². The first-order chi connectivity index (χ1) is 10.1. The summed E-state index contributed by atoms with van der Waals surface area (Å²) in [6, 6.07) is 14.3. The third-order valence-electron chi connectivity index (χ3n) is 3.30. The van der Waals surface area contributed by atoms with Crippen LogP contribution in [-0.4, -0.2) is 6.54 Å². The van der Waals surface area contributed by atoms with Crippen LogP contribution in [0.3, 0.4) is 0 Å². The lowest BCUT2D eigenvalue weighted by molar-refractivity contribution is 0.527. The van der Waals surface area contributed by atoms with Gasteiger partial charge in [0, 0.05) is 19.7 Å². The SMILES string of the molecule is CCCNC(Cc1cccc(Cl)c1)c1cc(Cl)ccc1I. The summed E-state index contributed by atoms with van der Waals surface area (Å²) in [6.45, 7) is 3.15. The lowest BCUT2D eigenvalue weighted by atomic mass is 9.98. The lowest BCUT2D eigenvalue weighted by Crippen LogP contribution is -2.25. The Bertz CT molecular complexity index is 601. The van der Waals surface area contributed by atoms with Gasteiger partial charge in [0.15, 0.2) is 0 Å². The zero-order valence-corrected chi connectivity index (χ0v) is 15.5. The molecule has 2 aromatic carbocycles. The van der Waals surface area contributed by atoms with Crippen LogP contribution in [0.5, 0.6) is 0 Å². The summed E-state index contributed by atoms with van der Waals surface area (Å²) in [7, 11) is 0. The maximum atomic E-state index is 6.17. The molecule has 0 aliphatic carbocycles. The van der Waals surface area contributed by atoms with E-state index in [1.54, 1.807) is 0 Å². The Hall–Kier alpha value is -0.290. The van der Waals surface area contributed by atoms with Crippen molar-refractivity contribution < 1.29 is 0 Å². The molecule has 0 heterocycles. The second-order valence-corrected chi connectivity index (χ2v) is 7.04. The number of hydrogen-bond acceptors (Lipinski definition) is 1. The van der Waals surface area contributed by atoms with E-state index in [1.807, 2.05) is 24.3 Å². The first kappa shape index (κ1) is 17.1. The van der Waals surface area contributed by atoms with Crippen LogP contribution in [0.15, 0.2) is 42.5 Å². The molecule has 0 saturated heterocycles. The van der Waals surface area contributed by atoms with Crippen molar-refractivity contribution in [2.24, 2.45) is 0 Å². The van der Waals surface area contributed by atoms with Gasteiger partial charge in [0.1, 0.15) is 0 Å². The van der Waals surface area contributed by atoms with Gasteiger partial charge in [-0.2, -0.15) is 0 Å². The summed E-state index contributed by atoms with van der Waals surface area (Å²) in [5, 5.41) is 5.17. The quantitative estimate of drug-likeness (QED) is 0.560. The molecule has 0 spiro atoms. The maximum absolute atomic E-state index is 6.17. The van der Waals surface area contributed by atoms with Gasteiger partial charge in [-0.3, -0.25) is 0 Å². The van der Waals surface area contributed by atoms with Crippen LogP contribution in [0.25, 0.3) is 0 Å². The van der Waals surface area contributed by atoms with Crippen molar-refractivity contribution in [2.45, 2.75) is 25.8 Å². The number of nitrogens with one attached hydrogen (secondary N) is 1. The smallest absolute Gasteiger partial charge is 0.0410 e. The lowest BCUT2D eigenvalue weighted by Gasteiger charge is -2.21. The predicted octanol–water partition coefficient (Wildman–Crippen LogP) is 5.88. The first-order valence-corrected chi connectivity index (χ1v) is 8.86. The fraction of sp³-hybridized carbons (Fsp3) is 0.294. The zero-order chi connectivity index (χ0) is 15.2. The summed E-state index contributed by atoms with van der Waals surface area (Å²) in [6.07, 6.45) is 2.00. The van der Waals surface area contributed by atoms with Gasteiger partial charge >= 0.3 is 0 Å². The van der Waals surface area contributed by atoms with E-state index in [1.165, 1.54) is 14.7 Å². The average Bonchev–Trinajstić information content (AvgIpc) is 2.46. The van der Waals surface area contributed by atoms with Crippen LogP contribution in [0.2, 0.25) is 10.0 Å². The summed E-state index contributed by atoms with van der Waals surface area (Å²) in [4.78, 5) is 0. The minimum Gasteiger partial charge on any atom is -0.310 e. The van der Waals surface area contributed by atoms with Crippen LogP contribution in [0.1, 0.15) is 30.5 Å². The molecule has 1 atom stereocenters. The van der Waals surface area contributed by atoms with Crippen LogP contribution in [0, 0.1) is 3.57 Å². The number of benzene rings is 2. The normalized spacial score (nSPS) is 12.4. The molecule has 0 aliphatic rings. The van der Waals surface area contributed by atoms with Crippen molar-refractivity contribution in [1.82, 2.24) is 5.32 Å². The summed E-state index contributed by atoms with van der Waals surface area (Å²) >= 11 is 14.6. The van der Waals surface area contributed by atoms with Gasteiger partial charge in [-0.25, -0.2) is 0 Å². The molecule has 2 rings (SSSR count). The van der Waals surface area contributed by atoms with Crippen molar-refractivity contribution >= 4 is 45.8 Å². The Labute approximate surface area is 150 Å². The van der Waals surface area contributed by atoms with Crippen LogP contribution < -0.4 is 5.32 Å². The van der Waals surface area contributed by atoms with E-state index in [-0.39, 0.29) is 6.04 Å². The molecule has 0 aromatic heterocycles. The molecule has 21 heavy (non-hydrogen) atoms. The van der Waals surface area contributed by atoms with Crippen molar-refractivity contribution in [3.05, 3.63) is 67.2 Å². The third-order valence-corrected chi connectivity index (χ3v) is 4.76. The molecule has 0 radical (unpaired) electrons. The second kappa shape index (κ2) is 8.37. The van der Waals surface area contributed by atoms with Gasteiger partial charge in [0.2, 0.25) is 0 Å². The van der Waals surface area contributed by atoms with Crippen LogP contribution >= 0.6 is 45.8 Å². The predicted molar refractivity (Wildman–Crippen MR) is 100 cm³/mol. The molecule has 4 heteroatoms. The number of hydrogen-bond donors (Lipinski definition) is 1. The van der Waals surface area contributed by atoms with Gasteiger partial charge in [0.25, 0.3) is 0 Å². The standard InChI is InChI=1S/C17H18Cl2IN/c1-2-8-21-17(10-12-4-3-5-13(18)9-12)15-11-14(19)6-7-16(15)20/h3-7,9,11,17,21H,2,8,10H2,1H3. The maximum Gasteiger partial charge on any atom is 0.0410 e. The molecule has 0 fully saturated rings. The number of halogens is 3. The molecule has 1 unspecified atom stereocenters. The minimum atomic E-state index is 0.244. The van der Waals surface area contributed by atoms with Crippen molar-refractivity contribution in [1.29, 1.82) is 0 Å². The summed E-state index contributed by atoms with van der Waals surface area (Å²) in [5.74, 6) is 0.